The molecule has 3 amide bonds. The highest BCUT2D eigenvalue weighted by atomic mass is 35.5. The third-order valence-electron chi connectivity index (χ3n) is 6.07. The van der Waals surface area contributed by atoms with E-state index < -0.39 is 11.9 Å². The maximum Gasteiger partial charge on any atom is 0.329 e. The first kappa shape index (κ1) is 24.1. The Hall–Kier alpha value is -3.02. The predicted molar refractivity (Wildman–Crippen MR) is 137 cm³/mol. The van der Waals surface area contributed by atoms with E-state index in [1.165, 1.54) is 5.56 Å². The van der Waals surface area contributed by atoms with Crippen LogP contribution < -0.4 is 5.32 Å². The number of rotatable bonds is 4. The van der Waals surface area contributed by atoms with E-state index in [9.17, 15) is 9.59 Å². The van der Waals surface area contributed by atoms with Gasteiger partial charge >= 0.3 is 6.03 Å². The van der Waals surface area contributed by atoms with Crippen LogP contribution >= 0.6 is 23.2 Å². The van der Waals surface area contributed by atoms with Gasteiger partial charge in [-0.3, -0.25) is 9.69 Å². The molecule has 1 aromatic heterocycles. The Kier molecular flexibility index (Phi) is 6.36. The predicted octanol–water partition coefficient (Wildman–Crippen LogP) is 6.79. The normalized spacial score (nSPS) is 15.4. The highest BCUT2D eigenvalue weighted by Gasteiger charge is 2.34. The first-order valence-corrected chi connectivity index (χ1v) is 11.8. The second kappa shape index (κ2) is 8.97. The second-order valence-electron chi connectivity index (χ2n) is 9.57. The molecular formula is C27H27Cl2N3O2. The smallest absolute Gasteiger partial charge is 0.318 e. The van der Waals surface area contributed by atoms with Gasteiger partial charge in [0, 0.05) is 27.1 Å². The van der Waals surface area contributed by atoms with E-state index in [4.69, 9.17) is 23.2 Å². The Morgan fingerprint density at radius 2 is 1.65 bits per heavy atom. The number of carbonyl (C=O) groups excluding carboxylic acids is 2. The third kappa shape index (κ3) is 4.63. The van der Waals surface area contributed by atoms with Crippen molar-refractivity contribution in [1.82, 2.24) is 14.8 Å². The van der Waals surface area contributed by atoms with Crippen LogP contribution in [0.5, 0.6) is 0 Å². The van der Waals surface area contributed by atoms with Gasteiger partial charge in [0.2, 0.25) is 0 Å². The van der Waals surface area contributed by atoms with E-state index in [1.807, 2.05) is 19.9 Å². The summed E-state index contributed by atoms with van der Waals surface area (Å²) < 4.78 is 2.14. The van der Waals surface area contributed by atoms with Crippen molar-refractivity contribution in [3.8, 4) is 5.69 Å². The molecule has 0 aliphatic carbocycles. The average Bonchev–Trinajstić information content (AvgIpc) is 3.18. The monoisotopic (exact) mass is 495 g/mol. The Labute approximate surface area is 210 Å². The number of nitrogens with zero attached hydrogens (tertiary/aromatic N) is 2. The molecule has 3 aromatic rings. The van der Waals surface area contributed by atoms with Crippen LogP contribution in [-0.2, 0) is 16.8 Å². The van der Waals surface area contributed by atoms with E-state index in [0.29, 0.717) is 15.6 Å². The summed E-state index contributed by atoms with van der Waals surface area (Å²) in [4.78, 5) is 26.7. The molecule has 2 heterocycles. The summed E-state index contributed by atoms with van der Waals surface area (Å²) in [6.45, 7) is 10.7. The molecule has 0 atom stereocenters. The molecule has 1 aliphatic heterocycles. The van der Waals surface area contributed by atoms with Gasteiger partial charge in [0.25, 0.3) is 5.91 Å². The Morgan fingerprint density at radius 3 is 2.26 bits per heavy atom. The quantitative estimate of drug-likeness (QED) is 0.319. The number of aromatic nitrogens is 1. The minimum Gasteiger partial charge on any atom is -0.318 e. The average molecular weight is 496 g/mol. The molecule has 0 spiro atoms. The molecule has 5 nitrogen and oxygen atoms in total. The topological polar surface area (TPSA) is 54.3 Å². The van der Waals surface area contributed by atoms with E-state index in [-0.39, 0.29) is 17.7 Å². The van der Waals surface area contributed by atoms with Gasteiger partial charge < -0.3 is 9.88 Å². The zero-order chi connectivity index (χ0) is 24.8. The standard InChI is InChI=1S/C27H27Cl2N3O2/c1-16-12-19(17(2)32(16)22-10-7-20(8-11-22)27(3,4)5)13-24-25(33)31(26(34)30-24)15-18-6-9-21(28)14-23(18)29/h6-14H,15H2,1-5H3,(H,30,34). The molecule has 176 valence electrons. The van der Waals surface area contributed by atoms with E-state index >= 15 is 0 Å². The summed E-state index contributed by atoms with van der Waals surface area (Å²) in [5, 5.41) is 3.60. The largest absolute Gasteiger partial charge is 0.329 e. The number of carbonyl (C=O) groups is 2. The molecule has 0 bridgehead atoms. The Morgan fingerprint density at radius 1 is 0.971 bits per heavy atom. The number of urea groups is 1. The second-order valence-corrected chi connectivity index (χ2v) is 10.4. The zero-order valence-corrected chi connectivity index (χ0v) is 21.4. The van der Waals surface area contributed by atoms with Gasteiger partial charge in [0.15, 0.2) is 0 Å². The molecule has 34 heavy (non-hydrogen) atoms. The molecule has 1 N–H and O–H groups in total. The van der Waals surface area contributed by atoms with Gasteiger partial charge in [-0.25, -0.2) is 4.79 Å². The van der Waals surface area contributed by atoms with Crippen LogP contribution in [-0.4, -0.2) is 21.4 Å². The lowest BCUT2D eigenvalue weighted by Gasteiger charge is -2.20. The van der Waals surface area contributed by atoms with Crippen molar-refractivity contribution in [3.05, 3.63) is 92.4 Å². The Balaban J connectivity index is 1.61. The lowest BCUT2D eigenvalue weighted by atomic mass is 9.87. The SMILES string of the molecule is Cc1cc(C=C2NC(=O)N(Cc3ccc(Cl)cc3Cl)C2=O)c(C)n1-c1ccc(C(C)(C)C)cc1. The molecule has 4 rings (SSSR count). The zero-order valence-electron chi connectivity index (χ0n) is 19.9. The molecule has 1 fully saturated rings. The number of hydrogen-bond acceptors (Lipinski definition) is 2. The van der Waals surface area contributed by atoms with Gasteiger partial charge in [-0.05, 0) is 72.4 Å². The molecule has 7 heteroatoms. The molecule has 1 saturated heterocycles. The van der Waals surface area contributed by atoms with Crippen LogP contribution in [0.4, 0.5) is 4.79 Å². The van der Waals surface area contributed by atoms with Crippen LogP contribution in [0.1, 0.15) is 48.8 Å². The molecular weight excluding hydrogens is 469 g/mol. The van der Waals surface area contributed by atoms with Crippen LogP contribution in [0, 0.1) is 13.8 Å². The van der Waals surface area contributed by atoms with Crippen molar-refractivity contribution in [2.75, 3.05) is 0 Å². The number of benzene rings is 2. The van der Waals surface area contributed by atoms with Crippen LogP contribution in [0.15, 0.2) is 54.2 Å². The number of imide groups is 1. The summed E-state index contributed by atoms with van der Waals surface area (Å²) in [7, 11) is 0. The highest BCUT2D eigenvalue weighted by Crippen LogP contribution is 2.28. The summed E-state index contributed by atoms with van der Waals surface area (Å²) >= 11 is 12.2. The molecule has 0 radical (unpaired) electrons. The maximum atomic E-state index is 13.0. The van der Waals surface area contributed by atoms with E-state index in [2.05, 4.69) is 54.9 Å². The van der Waals surface area contributed by atoms with Gasteiger partial charge in [-0.1, -0.05) is 62.2 Å². The summed E-state index contributed by atoms with van der Waals surface area (Å²) in [6.07, 6.45) is 1.73. The van der Waals surface area contributed by atoms with Crippen LogP contribution in [0.2, 0.25) is 10.0 Å². The van der Waals surface area contributed by atoms with Gasteiger partial charge in [-0.15, -0.1) is 0 Å². The minimum absolute atomic E-state index is 0.0666. The van der Waals surface area contributed by atoms with Crippen molar-refractivity contribution in [3.63, 3.8) is 0 Å². The van der Waals surface area contributed by atoms with Crippen molar-refractivity contribution in [2.24, 2.45) is 0 Å². The fraction of sp³-hybridized carbons (Fsp3) is 0.259. The van der Waals surface area contributed by atoms with Crippen LogP contribution in [0.25, 0.3) is 11.8 Å². The molecule has 0 unspecified atom stereocenters. The number of hydrogen-bond donors (Lipinski definition) is 1. The lowest BCUT2D eigenvalue weighted by molar-refractivity contribution is -0.123. The van der Waals surface area contributed by atoms with Gasteiger partial charge in [-0.2, -0.15) is 0 Å². The summed E-state index contributed by atoms with van der Waals surface area (Å²) in [5.74, 6) is -0.393. The first-order valence-electron chi connectivity index (χ1n) is 11.0. The maximum absolute atomic E-state index is 13.0. The van der Waals surface area contributed by atoms with Crippen molar-refractivity contribution >= 4 is 41.2 Å². The highest BCUT2D eigenvalue weighted by molar-refractivity contribution is 6.35. The van der Waals surface area contributed by atoms with Crippen molar-refractivity contribution in [1.29, 1.82) is 0 Å². The molecule has 2 aromatic carbocycles. The summed E-state index contributed by atoms with van der Waals surface area (Å²) in [5.41, 5.74) is 6.16. The number of aryl methyl sites for hydroxylation is 1. The van der Waals surface area contributed by atoms with Crippen molar-refractivity contribution < 1.29 is 9.59 Å². The fourth-order valence-corrected chi connectivity index (χ4v) is 4.60. The number of halogens is 2. The fourth-order valence-electron chi connectivity index (χ4n) is 4.13. The third-order valence-corrected chi connectivity index (χ3v) is 6.65. The van der Waals surface area contributed by atoms with Gasteiger partial charge in [0.05, 0.1) is 6.54 Å². The number of nitrogens with one attached hydrogen (secondary N) is 1. The number of amides is 3. The van der Waals surface area contributed by atoms with Crippen molar-refractivity contribution in [2.45, 2.75) is 46.6 Å². The minimum atomic E-state index is -0.478. The first-order chi connectivity index (χ1) is 16.0. The Bertz CT molecular complexity index is 1310. The van der Waals surface area contributed by atoms with Crippen LogP contribution in [0.3, 0.4) is 0 Å². The lowest BCUT2D eigenvalue weighted by Crippen LogP contribution is -2.30. The summed E-state index contributed by atoms with van der Waals surface area (Å²) in [6, 6.07) is 15.0. The molecule has 1 aliphatic rings. The molecule has 0 saturated carbocycles. The van der Waals surface area contributed by atoms with E-state index in [0.717, 1.165) is 27.5 Å². The van der Waals surface area contributed by atoms with E-state index in [1.54, 1.807) is 24.3 Å². The van der Waals surface area contributed by atoms with Gasteiger partial charge in [0.1, 0.15) is 5.70 Å².